The molecule has 0 unspecified atom stereocenters. The summed E-state index contributed by atoms with van der Waals surface area (Å²) in [6, 6.07) is 8.24. The summed E-state index contributed by atoms with van der Waals surface area (Å²) in [7, 11) is 0. The van der Waals surface area contributed by atoms with Gasteiger partial charge < -0.3 is 24.8 Å². The molecule has 2 saturated heterocycles. The molecule has 0 aliphatic carbocycles. The molecule has 2 fully saturated rings. The fraction of sp³-hybridized carbons (Fsp3) is 0.708. The van der Waals surface area contributed by atoms with Crippen molar-refractivity contribution in [2.24, 2.45) is 4.99 Å². The van der Waals surface area contributed by atoms with Gasteiger partial charge in [0.15, 0.2) is 5.96 Å². The van der Waals surface area contributed by atoms with E-state index in [0.717, 1.165) is 89.5 Å². The van der Waals surface area contributed by atoms with Crippen LogP contribution in [0.25, 0.3) is 0 Å². The summed E-state index contributed by atoms with van der Waals surface area (Å²) in [6.07, 6.45) is 0. The van der Waals surface area contributed by atoms with Gasteiger partial charge in [-0.15, -0.1) is 24.0 Å². The molecule has 2 aliphatic rings. The van der Waals surface area contributed by atoms with Gasteiger partial charge in [0.1, 0.15) is 12.4 Å². The van der Waals surface area contributed by atoms with Crippen molar-refractivity contribution in [1.29, 1.82) is 0 Å². The van der Waals surface area contributed by atoms with Crippen LogP contribution >= 0.6 is 24.0 Å². The number of aliphatic imine (C=N–C) groups is 1. The first kappa shape index (κ1) is 28.1. The van der Waals surface area contributed by atoms with Crippen LogP contribution < -0.4 is 15.4 Å². The minimum absolute atomic E-state index is 0. The zero-order valence-corrected chi connectivity index (χ0v) is 22.8. The number of nitrogens with one attached hydrogen (secondary N) is 2. The standard InChI is InChI=1S/C24H41N5O3.HI/c1-4-25-23(27-20-24(2,3)29-11-15-31-16-12-29)26-19-21-6-5-7-22(18-21)32-17-10-28-8-13-30-14-9-28;/h5-7,18H,4,8-17,19-20H2,1-3H3,(H2,25,26,27);1H. The number of rotatable bonds is 10. The molecular formula is C24H42IN5O3. The molecule has 8 nitrogen and oxygen atoms in total. The molecule has 0 spiro atoms. The Bertz CT molecular complexity index is 707. The second-order valence-corrected chi connectivity index (χ2v) is 8.91. The first-order chi connectivity index (χ1) is 15.6. The average molecular weight is 576 g/mol. The summed E-state index contributed by atoms with van der Waals surface area (Å²) in [6.45, 7) is 17.7. The van der Waals surface area contributed by atoms with Gasteiger partial charge in [-0.3, -0.25) is 9.80 Å². The van der Waals surface area contributed by atoms with Crippen molar-refractivity contribution in [2.45, 2.75) is 32.9 Å². The Labute approximate surface area is 216 Å². The molecule has 0 radical (unpaired) electrons. The SMILES string of the molecule is CCNC(=NCc1cccc(OCCN2CCOCC2)c1)NCC(C)(C)N1CCOCC1.I. The van der Waals surface area contributed by atoms with Crippen molar-refractivity contribution in [3.8, 4) is 5.75 Å². The number of hydrogen-bond donors (Lipinski definition) is 2. The van der Waals surface area contributed by atoms with E-state index in [1.807, 2.05) is 12.1 Å². The van der Waals surface area contributed by atoms with Crippen molar-refractivity contribution in [1.82, 2.24) is 20.4 Å². The van der Waals surface area contributed by atoms with Crippen molar-refractivity contribution >= 4 is 29.9 Å². The molecule has 0 aromatic heterocycles. The van der Waals surface area contributed by atoms with Crippen LogP contribution in [0.1, 0.15) is 26.3 Å². The maximum atomic E-state index is 5.99. The third-order valence-corrected chi connectivity index (χ3v) is 6.00. The van der Waals surface area contributed by atoms with Crippen LogP contribution in [0.2, 0.25) is 0 Å². The normalized spacial score (nSPS) is 18.5. The van der Waals surface area contributed by atoms with Crippen molar-refractivity contribution < 1.29 is 14.2 Å². The third-order valence-electron chi connectivity index (χ3n) is 6.00. The highest BCUT2D eigenvalue weighted by molar-refractivity contribution is 14.0. The highest BCUT2D eigenvalue weighted by atomic mass is 127. The molecule has 9 heteroatoms. The Balaban J connectivity index is 0.00000385. The Morgan fingerprint density at radius 2 is 1.76 bits per heavy atom. The van der Waals surface area contributed by atoms with Gasteiger partial charge in [-0.2, -0.15) is 0 Å². The lowest BCUT2D eigenvalue weighted by Gasteiger charge is -2.41. The molecule has 0 amide bonds. The van der Waals surface area contributed by atoms with Crippen LogP contribution in [0.15, 0.2) is 29.3 Å². The molecule has 2 heterocycles. The lowest BCUT2D eigenvalue weighted by Crippen LogP contribution is -2.56. The summed E-state index contributed by atoms with van der Waals surface area (Å²) in [5.41, 5.74) is 1.17. The largest absolute Gasteiger partial charge is 0.492 e. The fourth-order valence-corrected chi connectivity index (χ4v) is 3.94. The number of nitrogens with zero attached hydrogens (tertiary/aromatic N) is 3. The van der Waals surface area contributed by atoms with E-state index in [-0.39, 0.29) is 29.5 Å². The van der Waals surface area contributed by atoms with E-state index in [2.05, 4.69) is 53.3 Å². The van der Waals surface area contributed by atoms with Gasteiger partial charge in [-0.1, -0.05) is 12.1 Å². The number of benzene rings is 1. The summed E-state index contributed by atoms with van der Waals surface area (Å²) < 4.78 is 16.9. The first-order valence-corrected chi connectivity index (χ1v) is 11.9. The van der Waals surface area contributed by atoms with E-state index in [0.29, 0.717) is 13.2 Å². The van der Waals surface area contributed by atoms with Gasteiger partial charge in [-0.05, 0) is 38.5 Å². The fourth-order valence-electron chi connectivity index (χ4n) is 3.94. The predicted octanol–water partition coefficient (Wildman–Crippen LogP) is 2.18. The lowest BCUT2D eigenvalue weighted by atomic mass is 10.0. The number of halogens is 1. The molecule has 2 N–H and O–H groups in total. The van der Waals surface area contributed by atoms with E-state index < -0.39 is 0 Å². The highest BCUT2D eigenvalue weighted by Crippen LogP contribution is 2.16. The topological polar surface area (TPSA) is 70.6 Å². The van der Waals surface area contributed by atoms with E-state index in [9.17, 15) is 0 Å². The van der Waals surface area contributed by atoms with Crippen LogP contribution in [0, 0.1) is 0 Å². The van der Waals surface area contributed by atoms with Crippen LogP contribution in [0.4, 0.5) is 0 Å². The third kappa shape index (κ3) is 9.94. The van der Waals surface area contributed by atoms with E-state index >= 15 is 0 Å². The zero-order valence-electron chi connectivity index (χ0n) is 20.5. The minimum Gasteiger partial charge on any atom is -0.492 e. The second kappa shape index (κ2) is 15.0. The van der Waals surface area contributed by atoms with Crippen LogP contribution in [-0.2, 0) is 16.0 Å². The Kier molecular flexibility index (Phi) is 12.8. The van der Waals surface area contributed by atoms with Crippen molar-refractivity contribution in [3.63, 3.8) is 0 Å². The molecule has 1 aromatic carbocycles. The maximum absolute atomic E-state index is 5.99. The van der Waals surface area contributed by atoms with Crippen LogP contribution in [0.5, 0.6) is 5.75 Å². The molecule has 1 aromatic rings. The molecule has 0 saturated carbocycles. The number of hydrogen-bond acceptors (Lipinski definition) is 6. The van der Waals surface area contributed by atoms with E-state index in [1.165, 1.54) is 0 Å². The van der Waals surface area contributed by atoms with Gasteiger partial charge >= 0.3 is 0 Å². The second-order valence-electron chi connectivity index (χ2n) is 8.91. The smallest absolute Gasteiger partial charge is 0.191 e. The van der Waals surface area contributed by atoms with Crippen LogP contribution in [0.3, 0.4) is 0 Å². The lowest BCUT2D eigenvalue weighted by molar-refractivity contribution is -0.00834. The maximum Gasteiger partial charge on any atom is 0.191 e. The molecule has 0 atom stereocenters. The Morgan fingerprint density at radius 3 is 2.45 bits per heavy atom. The molecular weight excluding hydrogens is 533 g/mol. The van der Waals surface area contributed by atoms with Crippen molar-refractivity contribution in [3.05, 3.63) is 29.8 Å². The van der Waals surface area contributed by atoms with Gasteiger partial charge in [0.25, 0.3) is 0 Å². The predicted molar refractivity (Wildman–Crippen MR) is 144 cm³/mol. The quantitative estimate of drug-likeness (QED) is 0.252. The molecule has 33 heavy (non-hydrogen) atoms. The average Bonchev–Trinajstić information content (AvgIpc) is 2.82. The minimum atomic E-state index is 0. The van der Waals surface area contributed by atoms with Crippen molar-refractivity contribution in [2.75, 3.05) is 78.8 Å². The summed E-state index contributed by atoms with van der Waals surface area (Å²) in [5, 5.41) is 6.89. The Hall–Kier alpha value is -1.14. The molecule has 3 rings (SSSR count). The summed E-state index contributed by atoms with van der Waals surface area (Å²) in [4.78, 5) is 9.66. The van der Waals surface area contributed by atoms with E-state index in [1.54, 1.807) is 0 Å². The molecule has 188 valence electrons. The van der Waals surface area contributed by atoms with Gasteiger partial charge in [0, 0.05) is 51.4 Å². The first-order valence-electron chi connectivity index (χ1n) is 11.9. The zero-order chi connectivity index (χ0) is 22.7. The van der Waals surface area contributed by atoms with Crippen LogP contribution in [-0.4, -0.2) is 100 Å². The molecule has 2 aliphatic heterocycles. The van der Waals surface area contributed by atoms with Gasteiger partial charge in [0.2, 0.25) is 0 Å². The van der Waals surface area contributed by atoms with E-state index in [4.69, 9.17) is 19.2 Å². The number of ether oxygens (including phenoxy) is 3. The summed E-state index contributed by atoms with van der Waals surface area (Å²) in [5.74, 6) is 1.74. The van der Waals surface area contributed by atoms with Gasteiger partial charge in [0.05, 0.1) is 33.0 Å². The number of morpholine rings is 2. The Morgan fingerprint density at radius 1 is 1.06 bits per heavy atom. The van der Waals surface area contributed by atoms with Gasteiger partial charge in [-0.25, -0.2) is 4.99 Å². The highest BCUT2D eigenvalue weighted by Gasteiger charge is 2.28. The molecule has 0 bridgehead atoms. The monoisotopic (exact) mass is 575 g/mol. The number of guanidine groups is 1. The summed E-state index contributed by atoms with van der Waals surface area (Å²) >= 11 is 0.